The molecular weight excluding hydrogens is 312 g/mol. The minimum atomic E-state index is -0.417. The van der Waals surface area contributed by atoms with Crippen LogP contribution in [-0.2, 0) is 0 Å². The molecule has 25 heavy (non-hydrogen) atoms. The smallest absolute Gasteiger partial charge is 0.197 e. The van der Waals surface area contributed by atoms with Crippen molar-refractivity contribution >= 4 is 27.6 Å². The van der Waals surface area contributed by atoms with E-state index in [4.69, 9.17) is 5.73 Å². The van der Waals surface area contributed by atoms with Gasteiger partial charge in [-0.2, -0.15) is 0 Å². The average Bonchev–Trinajstić information content (AvgIpc) is 2.65. The number of ketones is 1. The molecule has 4 nitrogen and oxygen atoms in total. The number of nitrogens with two attached hydrogens (primary N) is 1. The summed E-state index contributed by atoms with van der Waals surface area (Å²) in [7, 11) is 0. The molecule has 0 bridgehead atoms. The number of carbonyl (C=O) groups is 1. The van der Waals surface area contributed by atoms with Gasteiger partial charge in [-0.25, -0.2) is 0 Å². The first-order valence-corrected chi connectivity index (χ1v) is 8.13. The third-order valence-corrected chi connectivity index (χ3v) is 5.00. The molecule has 120 valence electrons. The highest BCUT2D eigenvalue weighted by molar-refractivity contribution is 6.14. The number of aromatic amines is 1. The van der Waals surface area contributed by atoms with E-state index in [9.17, 15) is 9.59 Å². The van der Waals surface area contributed by atoms with Crippen LogP contribution < -0.4 is 11.2 Å². The van der Waals surface area contributed by atoms with Gasteiger partial charge >= 0.3 is 0 Å². The molecule has 1 heterocycles. The van der Waals surface area contributed by atoms with E-state index in [0.717, 1.165) is 11.1 Å². The second kappa shape index (κ2) is 4.88. The molecule has 1 aromatic heterocycles. The number of aromatic nitrogens is 1. The van der Waals surface area contributed by atoms with Crippen LogP contribution in [0.3, 0.4) is 0 Å². The van der Waals surface area contributed by atoms with Gasteiger partial charge < -0.3 is 10.7 Å². The predicted octanol–water partition coefficient (Wildman–Crippen LogP) is 3.27. The summed E-state index contributed by atoms with van der Waals surface area (Å²) < 4.78 is 0. The summed E-state index contributed by atoms with van der Waals surface area (Å²) in [5.41, 5.74) is 10.5. The highest BCUT2D eigenvalue weighted by Gasteiger charge is 2.29. The van der Waals surface area contributed by atoms with Crippen LogP contribution in [0, 0.1) is 0 Å². The number of pyridine rings is 1. The minimum absolute atomic E-state index is 0.0503. The van der Waals surface area contributed by atoms with Gasteiger partial charge in [0.05, 0.1) is 11.6 Å². The molecule has 1 atom stereocenters. The molecule has 1 aliphatic rings. The van der Waals surface area contributed by atoms with E-state index >= 15 is 0 Å². The molecule has 5 rings (SSSR count). The molecule has 0 fully saturated rings. The summed E-state index contributed by atoms with van der Waals surface area (Å²) in [6.45, 7) is 0. The molecule has 0 saturated heterocycles. The second-order valence-electron chi connectivity index (χ2n) is 6.38. The van der Waals surface area contributed by atoms with Crippen LogP contribution in [0.4, 0.5) is 0 Å². The van der Waals surface area contributed by atoms with Gasteiger partial charge in [0, 0.05) is 27.4 Å². The fourth-order valence-electron chi connectivity index (χ4n) is 3.73. The van der Waals surface area contributed by atoms with Crippen molar-refractivity contribution in [2.45, 2.75) is 6.04 Å². The van der Waals surface area contributed by atoms with Gasteiger partial charge in [-0.15, -0.1) is 0 Å². The van der Waals surface area contributed by atoms with E-state index in [1.165, 1.54) is 0 Å². The SMILES string of the molecule is NC1c2ccccc2C(=O)c2cc3[nH]c4ccccc4c(=O)c3cc21. The lowest BCUT2D eigenvalue weighted by Gasteiger charge is -2.25. The fraction of sp³-hybridized carbons (Fsp3) is 0.0476. The topological polar surface area (TPSA) is 76.0 Å². The lowest BCUT2D eigenvalue weighted by atomic mass is 9.81. The number of para-hydroxylation sites is 1. The van der Waals surface area contributed by atoms with Gasteiger partial charge in [0.25, 0.3) is 0 Å². The van der Waals surface area contributed by atoms with Crippen LogP contribution in [-0.4, -0.2) is 10.8 Å². The van der Waals surface area contributed by atoms with E-state index < -0.39 is 6.04 Å². The number of hydrogen-bond donors (Lipinski definition) is 2. The third-order valence-electron chi connectivity index (χ3n) is 5.00. The average molecular weight is 326 g/mol. The highest BCUT2D eigenvalue weighted by atomic mass is 16.1. The van der Waals surface area contributed by atoms with Gasteiger partial charge in [-0.05, 0) is 35.4 Å². The number of rotatable bonds is 0. The molecule has 4 heteroatoms. The Morgan fingerprint density at radius 3 is 2.40 bits per heavy atom. The lowest BCUT2D eigenvalue weighted by Crippen LogP contribution is -2.25. The van der Waals surface area contributed by atoms with Crippen LogP contribution in [0.1, 0.15) is 33.1 Å². The predicted molar refractivity (Wildman–Crippen MR) is 98.0 cm³/mol. The Hall–Kier alpha value is -3.24. The van der Waals surface area contributed by atoms with Crippen molar-refractivity contribution in [3.8, 4) is 0 Å². The van der Waals surface area contributed by atoms with E-state index in [2.05, 4.69) is 4.98 Å². The molecule has 3 N–H and O–H groups in total. The zero-order chi connectivity index (χ0) is 17.1. The molecular formula is C21H14N2O2. The molecule has 0 spiro atoms. The molecule has 0 amide bonds. The van der Waals surface area contributed by atoms with E-state index in [1.54, 1.807) is 24.3 Å². The first-order chi connectivity index (χ1) is 12.1. The van der Waals surface area contributed by atoms with Gasteiger partial charge in [-0.3, -0.25) is 9.59 Å². The van der Waals surface area contributed by atoms with Crippen molar-refractivity contribution < 1.29 is 4.79 Å². The standard InChI is InChI=1S/C21H14N2O2/c22-19-11-5-1-2-6-12(11)20(24)15-10-18-16(9-14(15)19)21(25)13-7-3-4-8-17(13)23-18/h1-10,19H,22H2,(H,23,25). The number of nitrogens with one attached hydrogen (secondary N) is 1. The number of hydrogen-bond acceptors (Lipinski definition) is 3. The number of fused-ring (bicyclic) bond motifs is 4. The monoisotopic (exact) mass is 326 g/mol. The Morgan fingerprint density at radius 2 is 1.52 bits per heavy atom. The zero-order valence-corrected chi connectivity index (χ0v) is 13.2. The Bertz CT molecular complexity index is 1250. The van der Waals surface area contributed by atoms with Gasteiger partial charge in [0.2, 0.25) is 0 Å². The maximum atomic E-state index is 12.9. The van der Waals surface area contributed by atoms with Crippen molar-refractivity contribution in [2.24, 2.45) is 5.73 Å². The van der Waals surface area contributed by atoms with Crippen molar-refractivity contribution in [1.29, 1.82) is 0 Å². The number of H-pyrrole nitrogens is 1. The van der Waals surface area contributed by atoms with Crippen LogP contribution in [0.15, 0.2) is 65.5 Å². The number of carbonyl (C=O) groups excluding carboxylic acids is 1. The third kappa shape index (κ3) is 1.85. The summed E-state index contributed by atoms with van der Waals surface area (Å²) in [5, 5.41) is 1.19. The zero-order valence-electron chi connectivity index (χ0n) is 13.2. The molecule has 0 aliphatic heterocycles. The minimum Gasteiger partial charge on any atom is -0.354 e. The molecule has 1 aliphatic carbocycles. The van der Waals surface area contributed by atoms with Gasteiger partial charge in [0.1, 0.15) is 0 Å². The van der Waals surface area contributed by atoms with Crippen LogP contribution in [0.25, 0.3) is 21.8 Å². The summed E-state index contributed by atoms with van der Waals surface area (Å²) in [6.07, 6.45) is 0. The summed E-state index contributed by atoms with van der Waals surface area (Å²) in [6, 6.07) is 17.9. The summed E-state index contributed by atoms with van der Waals surface area (Å²) in [5.74, 6) is -0.0526. The maximum absolute atomic E-state index is 12.9. The largest absolute Gasteiger partial charge is 0.354 e. The van der Waals surface area contributed by atoms with Gasteiger partial charge in [-0.1, -0.05) is 36.4 Å². The lowest BCUT2D eigenvalue weighted by molar-refractivity contribution is 0.103. The van der Waals surface area contributed by atoms with Crippen molar-refractivity contribution in [3.05, 3.63) is 93.1 Å². The first-order valence-electron chi connectivity index (χ1n) is 8.13. The Morgan fingerprint density at radius 1 is 0.760 bits per heavy atom. The molecule has 0 radical (unpaired) electrons. The molecule has 0 saturated carbocycles. The maximum Gasteiger partial charge on any atom is 0.197 e. The Labute approximate surface area is 142 Å². The quantitative estimate of drug-likeness (QED) is 0.487. The molecule has 4 aromatic rings. The normalized spacial score (nSPS) is 16.0. The first kappa shape index (κ1) is 14.1. The van der Waals surface area contributed by atoms with E-state index in [1.807, 2.05) is 36.4 Å². The van der Waals surface area contributed by atoms with Crippen LogP contribution in [0.2, 0.25) is 0 Å². The van der Waals surface area contributed by atoms with Crippen molar-refractivity contribution in [1.82, 2.24) is 4.98 Å². The summed E-state index contributed by atoms with van der Waals surface area (Å²) >= 11 is 0. The Balaban J connectivity index is 1.89. The van der Waals surface area contributed by atoms with E-state index in [0.29, 0.717) is 33.0 Å². The van der Waals surface area contributed by atoms with Crippen LogP contribution in [0.5, 0.6) is 0 Å². The van der Waals surface area contributed by atoms with Crippen LogP contribution >= 0.6 is 0 Å². The van der Waals surface area contributed by atoms with E-state index in [-0.39, 0.29) is 11.2 Å². The molecule has 3 aromatic carbocycles. The fourth-order valence-corrected chi connectivity index (χ4v) is 3.73. The van der Waals surface area contributed by atoms with Crippen molar-refractivity contribution in [2.75, 3.05) is 0 Å². The number of benzene rings is 3. The highest BCUT2D eigenvalue weighted by Crippen LogP contribution is 2.35. The summed E-state index contributed by atoms with van der Waals surface area (Å²) in [4.78, 5) is 29.0. The molecule has 1 unspecified atom stereocenters. The Kier molecular flexibility index (Phi) is 2.76. The van der Waals surface area contributed by atoms with Crippen molar-refractivity contribution in [3.63, 3.8) is 0 Å². The second-order valence-corrected chi connectivity index (χ2v) is 6.38. The van der Waals surface area contributed by atoms with Gasteiger partial charge in [0.15, 0.2) is 11.2 Å².